The van der Waals surface area contributed by atoms with Gasteiger partial charge < -0.3 is 15.2 Å². The molecule has 1 aromatic heterocycles. The monoisotopic (exact) mass is 386 g/mol. The van der Waals surface area contributed by atoms with E-state index >= 15 is 0 Å². The molecule has 0 saturated heterocycles. The van der Waals surface area contributed by atoms with Crippen molar-refractivity contribution in [1.82, 2.24) is 10.3 Å². The highest BCUT2D eigenvalue weighted by Gasteiger charge is 2.19. The summed E-state index contributed by atoms with van der Waals surface area (Å²) in [7, 11) is 1.58. The van der Waals surface area contributed by atoms with Crippen LogP contribution in [0.2, 0.25) is 5.15 Å². The Hall–Kier alpha value is -2.86. The minimum Gasteiger partial charge on any atom is -0.497 e. The Labute approximate surface area is 161 Å². The number of aliphatic carboxylic acids is 1. The van der Waals surface area contributed by atoms with E-state index in [1.807, 2.05) is 18.2 Å². The molecule has 0 fully saturated rings. The van der Waals surface area contributed by atoms with Crippen LogP contribution in [0, 0.1) is 0 Å². The summed E-state index contributed by atoms with van der Waals surface area (Å²) in [5.41, 5.74) is 2.07. The molecule has 3 rings (SSSR count). The number of halogens is 1. The van der Waals surface area contributed by atoms with Gasteiger partial charge >= 0.3 is 5.97 Å². The first kappa shape index (κ1) is 18.9. The van der Waals surface area contributed by atoms with E-state index in [0.717, 1.165) is 23.7 Å². The van der Waals surface area contributed by atoms with Crippen LogP contribution >= 0.6 is 11.6 Å². The Morgan fingerprint density at radius 1 is 1.26 bits per heavy atom. The van der Waals surface area contributed by atoms with Crippen molar-refractivity contribution in [3.63, 3.8) is 0 Å². The van der Waals surface area contributed by atoms with Crippen LogP contribution in [0.15, 0.2) is 41.6 Å². The topological polar surface area (TPSA) is 88.5 Å². The molecular weight excluding hydrogens is 368 g/mol. The van der Waals surface area contributed by atoms with Gasteiger partial charge in [0.05, 0.1) is 18.2 Å². The molecule has 0 spiro atoms. The molecule has 1 heterocycles. The second-order valence-corrected chi connectivity index (χ2v) is 6.58. The van der Waals surface area contributed by atoms with E-state index in [9.17, 15) is 14.7 Å². The van der Waals surface area contributed by atoms with E-state index in [2.05, 4.69) is 10.3 Å². The number of benzene rings is 1. The number of hydrogen-bond donors (Lipinski definition) is 2. The molecule has 140 valence electrons. The Balaban J connectivity index is 1.81. The van der Waals surface area contributed by atoms with E-state index in [1.54, 1.807) is 19.3 Å². The molecule has 0 aliphatic heterocycles. The lowest BCUT2D eigenvalue weighted by Crippen LogP contribution is -2.25. The fraction of sp³-hybridized carbons (Fsp3) is 0.250. The van der Waals surface area contributed by atoms with Gasteiger partial charge in [-0.1, -0.05) is 11.6 Å². The van der Waals surface area contributed by atoms with E-state index in [0.29, 0.717) is 29.9 Å². The SMILES string of the molecule is COc1ccc2nc(Cl)c(/C=C/C(=O)NC3=C(C(=O)O)CCCC3)cc2c1. The van der Waals surface area contributed by atoms with Gasteiger partial charge in [-0.25, -0.2) is 9.78 Å². The molecule has 2 aromatic rings. The zero-order valence-corrected chi connectivity index (χ0v) is 15.5. The summed E-state index contributed by atoms with van der Waals surface area (Å²) in [5, 5.41) is 13.0. The largest absolute Gasteiger partial charge is 0.497 e. The molecule has 1 aromatic carbocycles. The summed E-state index contributed by atoms with van der Waals surface area (Å²) < 4.78 is 5.21. The van der Waals surface area contributed by atoms with Crippen molar-refractivity contribution in [3.8, 4) is 5.75 Å². The van der Waals surface area contributed by atoms with Crippen LogP contribution in [0.25, 0.3) is 17.0 Å². The van der Waals surface area contributed by atoms with Crippen LogP contribution in [0.1, 0.15) is 31.2 Å². The van der Waals surface area contributed by atoms with Crippen LogP contribution in [0.5, 0.6) is 5.75 Å². The minimum absolute atomic E-state index is 0.278. The number of pyridine rings is 1. The van der Waals surface area contributed by atoms with Crippen molar-refractivity contribution in [2.75, 3.05) is 7.11 Å². The van der Waals surface area contributed by atoms with Gasteiger partial charge in [-0.2, -0.15) is 0 Å². The number of carboxylic acid groups (broad SMARTS) is 1. The fourth-order valence-corrected chi connectivity index (χ4v) is 3.23. The van der Waals surface area contributed by atoms with Crippen molar-refractivity contribution < 1.29 is 19.4 Å². The third-order valence-corrected chi connectivity index (χ3v) is 4.72. The molecule has 2 N–H and O–H groups in total. The van der Waals surface area contributed by atoms with E-state index in [4.69, 9.17) is 16.3 Å². The lowest BCUT2D eigenvalue weighted by molar-refractivity contribution is -0.133. The average Bonchev–Trinajstić information content (AvgIpc) is 2.66. The Bertz CT molecular complexity index is 966. The summed E-state index contributed by atoms with van der Waals surface area (Å²) in [6.45, 7) is 0. The number of fused-ring (bicyclic) bond motifs is 1. The maximum atomic E-state index is 12.2. The molecule has 0 bridgehead atoms. The van der Waals surface area contributed by atoms with Crippen molar-refractivity contribution in [3.05, 3.63) is 52.3 Å². The number of allylic oxidation sites excluding steroid dienone is 1. The van der Waals surface area contributed by atoms with Gasteiger partial charge in [-0.05, 0) is 56.0 Å². The zero-order chi connectivity index (χ0) is 19.4. The lowest BCUT2D eigenvalue weighted by Gasteiger charge is -2.17. The number of amides is 1. The van der Waals surface area contributed by atoms with Crippen molar-refractivity contribution >= 4 is 40.5 Å². The number of methoxy groups -OCH3 is 1. The van der Waals surface area contributed by atoms with E-state index in [1.165, 1.54) is 6.08 Å². The molecule has 7 heteroatoms. The number of hydrogen-bond acceptors (Lipinski definition) is 4. The molecule has 0 unspecified atom stereocenters. The number of aromatic nitrogens is 1. The number of carbonyl (C=O) groups is 2. The molecule has 0 radical (unpaired) electrons. The number of carbonyl (C=O) groups excluding carboxylic acids is 1. The summed E-state index contributed by atoms with van der Waals surface area (Å²) >= 11 is 6.20. The van der Waals surface area contributed by atoms with Gasteiger partial charge in [0.1, 0.15) is 10.9 Å². The lowest BCUT2D eigenvalue weighted by atomic mass is 9.96. The quantitative estimate of drug-likeness (QED) is 0.600. The van der Waals surface area contributed by atoms with E-state index < -0.39 is 11.9 Å². The summed E-state index contributed by atoms with van der Waals surface area (Å²) in [5.74, 6) is -0.679. The predicted molar refractivity (Wildman–Crippen MR) is 104 cm³/mol. The van der Waals surface area contributed by atoms with Crippen LogP contribution < -0.4 is 10.1 Å². The van der Waals surface area contributed by atoms with Gasteiger partial charge in [0, 0.05) is 22.7 Å². The molecule has 6 nitrogen and oxygen atoms in total. The molecule has 1 aliphatic carbocycles. The predicted octanol–water partition coefficient (Wildman–Crippen LogP) is 3.94. The molecule has 1 aliphatic rings. The minimum atomic E-state index is -0.982. The average molecular weight is 387 g/mol. The molecule has 0 saturated carbocycles. The smallest absolute Gasteiger partial charge is 0.333 e. The third-order valence-electron chi connectivity index (χ3n) is 4.42. The summed E-state index contributed by atoms with van der Waals surface area (Å²) in [6.07, 6.45) is 5.59. The van der Waals surface area contributed by atoms with Crippen LogP contribution in [0.4, 0.5) is 0 Å². The molecule has 27 heavy (non-hydrogen) atoms. The zero-order valence-electron chi connectivity index (χ0n) is 14.8. The highest BCUT2D eigenvalue weighted by molar-refractivity contribution is 6.31. The normalized spacial score (nSPS) is 14.6. The van der Waals surface area contributed by atoms with Gasteiger partial charge in [-0.15, -0.1) is 0 Å². The highest BCUT2D eigenvalue weighted by atomic mass is 35.5. The Kier molecular flexibility index (Phi) is 5.76. The van der Waals surface area contributed by atoms with Crippen LogP contribution in [0.3, 0.4) is 0 Å². The number of rotatable bonds is 5. The second-order valence-electron chi connectivity index (χ2n) is 6.22. The van der Waals surface area contributed by atoms with Gasteiger partial charge in [0.2, 0.25) is 5.91 Å². The second kappa shape index (κ2) is 8.22. The number of nitrogens with zero attached hydrogens (tertiary/aromatic N) is 1. The fourth-order valence-electron chi connectivity index (χ4n) is 3.03. The number of nitrogens with one attached hydrogen (secondary N) is 1. The van der Waals surface area contributed by atoms with Gasteiger partial charge in [0.15, 0.2) is 0 Å². The molecule has 1 amide bonds. The van der Waals surface area contributed by atoms with Crippen molar-refractivity contribution in [1.29, 1.82) is 0 Å². The maximum Gasteiger partial charge on any atom is 0.333 e. The Morgan fingerprint density at radius 3 is 2.78 bits per heavy atom. The number of ether oxygens (including phenoxy) is 1. The summed E-state index contributed by atoms with van der Waals surface area (Å²) in [4.78, 5) is 27.8. The van der Waals surface area contributed by atoms with Crippen molar-refractivity contribution in [2.45, 2.75) is 25.7 Å². The van der Waals surface area contributed by atoms with E-state index in [-0.39, 0.29) is 10.7 Å². The van der Waals surface area contributed by atoms with Crippen LogP contribution in [-0.2, 0) is 9.59 Å². The third kappa shape index (κ3) is 4.46. The van der Waals surface area contributed by atoms with Crippen molar-refractivity contribution in [2.24, 2.45) is 0 Å². The number of carboxylic acids is 1. The first-order chi connectivity index (χ1) is 13.0. The first-order valence-electron chi connectivity index (χ1n) is 8.56. The standard InChI is InChI=1S/C20H19ClN2O4/c1-27-14-7-8-16-13(11-14)10-12(19(21)23-16)6-9-18(24)22-17-5-3-2-4-15(17)20(25)26/h6-11H,2-5H2,1H3,(H,22,24)(H,25,26)/b9-6+. The first-order valence-corrected chi connectivity index (χ1v) is 8.94. The maximum absolute atomic E-state index is 12.2. The summed E-state index contributed by atoms with van der Waals surface area (Å²) in [6, 6.07) is 7.26. The molecule has 0 atom stereocenters. The van der Waals surface area contributed by atoms with Gasteiger partial charge in [0.25, 0.3) is 0 Å². The van der Waals surface area contributed by atoms with Gasteiger partial charge in [-0.3, -0.25) is 4.79 Å². The van der Waals surface area contributed by atoms with Crippen LogP contribution in [-0.4, -0.2) is 29.1 Å². The Morgan fingerprint density at radius 2 is 2.04 bits per heavy atom. The molecular formula is C20H19ClN2O4. The highest BCUT2D eigenvalue weighted by Crippen LogP contribution is 2.25.